The van der Waals surface area contributed by atoms with Gasteiger partial charge in [0.15, 0.2) is 6.04 Å². The van der Waals surface area contributed by atoms with Gasteiger partial charge in [-0.05, 0) is 50.3 Å². The maximum Gasteiger partial charge on any atom is 0.332 e. The van der Waals surface area contributed by atoms with Crippen molar-refractivity contribution in [1.29, 1.82) is 0 Å². The summed E-state index contributed by atoms with van der Waals surface area (Å²) in [7, 11) is 0. The molecule has 1 heterocycles. The molecule has 3 aromatic rings. The van der Waals surface area contributed by atoms with Gasteiger partial charge in [-0.15, -0.1) is 0 Å². The van der Waals surface area contributed by atoms with Crippen molar-refractivity contribution in [1.82, 2.24) is 4.90 Å². The number of hydrogen-bond acceptors (Lipinski definition) is 4. The maximum atomic E-state index is 13.9. The minimum Gasteiger partial charge on any atom is -0.458 e. The number of amides is 1. The molecule has 0 spiro atoms. The Morgan fingerprint density at radius 1 is 0.861 bits per heavy atom. The number of rotatable bonds is 9. The van der Waals surface area contributed by atoms with Crippen LogP contribution in [-0.4, -0.2) is 47.7 Å². The highest BCUT2D eigenvalue weighted by molar-refractivity contribution is 5.93. The van der Waals surface area contributed by atoms with Gasteiger partial charge in [-0.3, -0.25) is 4.79 Å². The molecule has 1 fully saturated rings. The second-order valence-corrected chi connectivity index (χ2v) is 10.2. The lowest BCUT2D eigenvalue weighted by Crippen LogP contribution is -2.68. The highest BCUT2D eigenvalue weighted by atomic mass is 16.6. The van der Waals surface area contributed by atoms with Crippen molar-refractivity contribution in [2.75, 3.05) is 13.2 Å². The van der Waals surface area contributed by atoms with Crippen LogP contribution in [0.15, 0.2) is 91.0 Å². The standard InChI is InChI=1S/C31H35NO4/c1-31(2,3)36-30(34)28-26(35-21-13-16-23-14-7-4-8-15-23)22-32(28)29(33)27(24-17-9-5-10-18-24)25-19-11-6-12-20-25/h4-12,14-15,17-20,26-28H,13,16,21-22H2,1-3H3. The zero-order chi connectivity index (χ0) is 25.5. The lowest BCUT2D eigenvalue weighted by atomic mass is 9.87. The molecule has 3 aromatic carbocycles. The lowest BCUT2D eigenvalue weighted by Gasteiger charge is -2.47. The van der Waals surface area contributed by atoms with Crippen molar-refractivity contribution in [2.45, 2.75) is 57.3 Å². The third kappa shape index (κ3) is 6.41. The highest BCUT2D eigenvalue weighted by Gasteiger charge is 2.50. The molecule has 1 amide bonds. The minimum absolute atomic E-state index is 0.118. The largest absolute Gasteiger partial charge is 0.458 e. The molecule has 1 saturated heterocycles. The van der Waals surface area contributed by atoms with Crippen LogP contribution in [0.4, 0.5) is 0 Å². The van der Waals surface area contributed by atoms with Crippen molar-refractivity contribution in [3.05, 3.63) is 108 Å². The Hall–Kier alpha value is -3.44. The first-order valence-corrected chi connectivity index (χ1v) is 12.6. The quantitative estimate of drug-likeness (QED) is 0.301. The minimum atomic E-state index is -0.761. The maximum absolute atomic E-state index is 13.9. The van der Waals surface area contributed by atoms with E-state index in [4.69, 9.17) is 9.47 Å². The Morgan fingerprint density at radius 3 is 1.92 bits per heavy atom. The fourth-order valence-electron chi connectivity index (χ4n) is 4.57. The number of ether oxygens (including phenoxy) is 2. The molecule has 1 aliphatic rings. The molecule has 0 aromatic heterocycles. The number of carbonyl (C=O) groups is 2. The van der Waals surface area contributed by atoms with Gasteiger partial charge >= 0.3 is 5.97 Å². The fourth-order valence-corrected chi connectivity index (χ4v) is 4.57. The molecule has 0 saturated carbocycles. The lowest BCUT2D eigenvalue weighted by molar-refractivity contribution is -0.188. The normalized spacial score (nSPS) is 17.5. The summed E-state index contributed by atoms with van der Waals surface area (Å²) >= 11 is 0. The number of benzene rings is 3. The zero-order valence-corrected chi connectivity index (χ0v) is 21.3. The molecule has 2 atom stereocenters. The van der Waals surface area contributed by atoms with E-state index < -0.39 is 23.5 Å². The Bertz CT molecular complexity index is 1090. The Kier molecular flexibility index (Phi) is 8.21. The Labute approximate surface area is 214 Å². The van der Waals surface area contributed by atoms with Gasteiger partial charge in [-0.25, -0.2) is 4.79 Å². The molecular formula is C31H35NO4. The Morgan fingerprint density at radius 2 is 1.39 bits per heavy atom. The van der Waals surface area contributed by atoms with E-state index in [1.165, 1.54) is 5.56 Å². The van der Waals surface area contributed by atoms with Crippen molar-refractivity contribution >= 4 is 11.9 Å². The molecule has 5 heteroatoms. The van der Waals surface area contributed by atoms with Gasteiger partial charge in [-0.2, -0.15) is 0 Å². The molecule has 36 heavy (non-hydrogen) atoms. The van der Waals surface area contributed by atoms with E-state index >= 15 is 0 Å². The van der Waals surface area contributed by atoms with Crippen LogP contribution in [0.1, 0.15) is 49.8 Å². The second kappa shape index (κ2) is 11.5. The molecule has 188 valence electrons. The average Bonchev–Trinajstić information content (AvgIpc) is 2.84. The van der Waals surface area contributed by atoms with Crippen molar-refractivity contribution in [3.63, 3.8) is 0 Å². The van der Waals surface area contributed by atoms with Gasteiger partial charge in [0.05, 0.1) is 12.5 Å². The van der Waals surface area contributed by atoms with Crippen molar-refractivity contribution in [2.24, 2.45) is 0 Å². The molecule has 0 bridgehead atoms. The molecule has 5 nitrogen and oxygen atoms in total. The summed E-state index contributed by atoms with van der Waals surface area (Å²) in [6.07, 6.45) is 1.36. The van der Waals surface area contributed by atoms with Crippen LogP contribution in [0.25, 0.3) is 0 Å². The van der Waals surface area contributed by atoms with Crippen LogP contribution in [-0.2, 0) is 25.5 Å². The Balaban J connectivity index is 1.50. The smallest absolute Gasteiger partial charge is 0.332 e. The molecule has 4 rings (SSSR count). The van der Waals surface area contributed by atoms with E-state index in [1.54, 1.807) is 4.90 Å². The summed E-state index contributed by atoms with van der Waals surface area (Å²) in [5.74, 6) is -1.04. The highest BCUT2D eigenvalue weighted by Crippen LogP contribution is 2.33. The summed E-state index contributed by atoms with van der Waals surface area (Å²) in [6, 6.07) is 28.9. The third-order valence-electron chi connectivity index (χ3n) is 6.29. The van der Waals surface area contributed by atoms with E-state index in [2.05, 4.69) is 12.1 Å². The van der Waals surface area contributed by atoms with Crippen LogP contribution in [0, 0.1) is 0 Å². The first-order valence-electron chi connectivity index (χ1n) is 12.6. The number of nitrogens with zero attached hydrogens (tertiary/aromatic N) is 1. The van der Waals surface area contributed by atoms with Gasteiger partial charge in [-0.1, -0.05) is 91.0 Å². The first-order chi connectivity index (χ1) is 17.3. The molecule has 2 unspecified atom stereocenters. The number of likely N-dealkylation sites (tertiary alicyclic amines) is 1. The van der Waals surface area contributed by atoms with Crippen molar-refractivity contribution < 1.29 is 19.1 Å². The van der Waals surface area contributed by atoms with Gasteiger partial charge in [0, 0.05) is 6.61 Å². The van der Waals surface area contributed by atoms with Crippen molar-refractivity contribution in [3.8, 4) is 0 Å². The summed E-state index contributed by atoms with van der Waals surface area (Å²) in [5, 5.41) is 0. The summed E-state index contributed by atoms with van der Waals surface area (Å²) in [5.41, 5.74) is 2.38. The molecule has 0 N–H and O–H groups in total. The van der Waals surface area contributed by atoms with E-state index in [1.807, 2.05) is 99.6 Å². The van der Waals surface area contributed by atoms with E-state index in [9.17, 15) is 9.59 Å². The third-order valence-corrected chi connectivity index (χ3v) is 6.29. The SMILES string of the molecule is CC(C)(C)OC(=O)C1C(OCCCc2ccccc2)CN1C(=O)C(c1ccccc1)c1ccccc1. The summed E-state index contributed by atoms with van der Waals surface area (Å²) in [6.45, 7) is 6.39. The number of carbonyl (C=O) groups excluding carboxylic acids is 2. The monoisotopic (exact) mass is 485 g/mol. The number of aryl methyl sites for hydroxylation is 1. The van der Waals surface area contributed by atoms with Crippen LogP contribution in [0.2, 0.25) is 0 Å². The molecule has 1 aliphatic heterocycles. The zero-order valence-electron chi connectivity index (χ0n) is 21.3. The molecule has 0 radical (unpaired) electrons. The topological polar surface area (TPSA) is 55.8 Å². The van der Waals surface area contributed by atoms with Gasteiger partial charge in [0.2, 0.25) is 5.91 Å². The fraction of sp³-hybridized carbons (Fsp3) is 0.355. The van der Waals surface area contributed by atoms with E-state index in [-0.39, 0.29) is 12.0 Å². The molecular weight excluding hydrogens is 450 g/mol. The molecule has 0 aliphatic carbocycles. The average molecular weight is 486 g/mol. The van der Waals surface area contributed by atoms with Gasteiger partial charge < -0.3 is 14.4 Å². The number of esters is 1. The second-order valence-electron chi connectivity index (χ2n) is 10.2. The predicted octanol–water partition coefficient (Wildman–Crippen LogP) is 5.39. The van der Waals surface area contributed by atoms with Crippen LogP contribution in [0.5, 0.6) is 0 Å². The van der Waals surface area contributed by atoms with Crippen LogP contribution in [0.3, 0.4) is 0 Å². The van der Waals surface area contributed by atoms with Gasteiger partial charge in [0.25, 0.3) is 0 Å². The first kappa shape index (κ1) is 25.6. The van der Waals surface area contributed by atoms with E-state index in [0.29, 0.717) is 13.2 Å². The summed E-state index contributed by atoms with van der Waals surface area (Å²) < 4.78 is 11.8. The number of hydrogen-bond donors (Lipinski definition) is 0. The van der Waals surface area contributed by atoms with Gasteiger partial charge in [0.1, 0.15) is 11.7 Å². The summed E-state index contributed by atoms with van der Waals surface area (Å²) in [4.78, 5) is 28.8. The van der Waals surface area contributed by atoms with Crippen LogP contribution < -0.4 is 0 Å². The van der Waals surface area contributed by atoms with E-state index in [0.717, 1.165) is 24.0 Å². The van der Waals surface area contributed by atoms with Crippen LogP contribution >= 0.6 is 0 Å². The predicted molar refractivity (Wildman–Crippen MR) is 141 cm³/mol.